The summed E-state index contributed by atoms with van der Waals surface area (Å²) < 4.78 is 46.1. The van der Waals surface area contributed by atoms with Gasteiger partial charge >= 0.3 is 6.18 Å². The summed E-state index contributed by atoms with van der Waals surface area (Å²) in [6.45, 7) is 10.5. The number of nitrogens with zero attached hydrogens (tertiary/aromatic N) is 1. The Hall–Kier alpha value is -1.96. The molecule has 3 rings (SSSR count). The number of hydrogen-bond acceptors (Lipinski definition) is 4. The van der Waals surface area contributed by atoms with Gasteiger partial charge in [0.15, 0.2) is 0 Å². The monoisotopic (exact) mass is 458 g/mol. The summed E-state index contributed by atoms with van der Waals surface area (Å²) in [4.78, 5) is 2.28. The maximum atomic E-state index is 13.3. The molecule has 31 heavy (non-hydrogen) atoms. The number of ether oxygens (including phenoxy) is 1. The van der Waals surface area contributed by atoms with Crippen molar-refractivity contribution in [2.75, 3.05) is 39.3 Å². The van der Waals surface area contributed by atoms with Gasteiger partial charge in [-0.2, -0.15) is 13.2 Å². The van der Waals surface area contributed by atoms with Gasteiger partial charge in [-0.1, -0.05) is 26.0 Å². The number of hydrogen-bond donors (Lipinski definition) is 2. The lowest BCUT2D eigenvalue weighted by Crippen LogP contribution is -2.44. The molecule has 2 aromatic rings. The van der Waals surface area contributed by atoms with Crippen molar-refractivity contribution < 1.29 is 23.0 Å². The van der Waals surface area contributed by atoms with Crippen LogP contribution in [-0.2, 0) is 6.18 Å². The van der Waals surface area contributed by atoms with Crippen molar-refractivity contribution in [2.45, 2.75) is 32.9 Å². The highest BCUT2D eigenvalue weighted by molar-refractivity contribution is 5.85. The lowest BCUT2D eigenvalue weighted by molar-refractivity contribution is -0.137. The molecule has 2 N–H and O–H groups in total. The number of piperazine rings is 1. The summed E-state index contributed by atoms with van der Waals surface area (Å²) in [5, 5.41) is 13.8. The number of halogens is 4. The van der Waals surface area contributed by atoms with Crippen LogP contribution in [0, 0.1) is 6.92 Å². The first-order chi connectivity index (χ1) is 14.2. The molecule has 1 saturated heterocycles. The lowest BCUT2D eigenvalue weighted by atomic mass is 9.89. The first-order valence-electron chi connectivity index (χ1n) is 10.3. The Morgan fingerprint density at radius 2 is 1.84 bits per heavy atom. The average molecular weight is 459 g/mol. The number of phenols is 1. The van der Waals surface area contributed by atoms with Crippen molar-refractivity contribution in [2.24, 2.45) is 0 Å². The van der Waals surface area contributed by atoms with Crippen LogP contribution in [0.1, 0.15) is 36.5 Å². The molecule has 0 bridgehead atoms. The van der Waals surface area contributed by atoms with Gasteiger partial charge in [-0.15, -0.1) is 12.4 Å². The Balaban J connectivity index is 0.00000341. The molecule has 1 aliphatic rings. The molecule has 0 aromatic heterocycles. The van der Waals surface area contributed by atoms with Gasteiger partial charge in [0.05, 0.1) is 5.56 Å². The molecule has 0 unspecified atom stereocenters. The van der Waals surface area contributed by atoms with Crippen LogP contribution in [0.5, 0.6) is 11.5 Å². The van der Waals surface area contributed by atoms with E-state index in [9.17, 15) is 18.3 Å². The quantitative estimate of drug-likeness (QED) is 0.623. The Morgan fingerprint density at radius 1 is 1.16 bits per heavy atom. The van der Waals surface area contributed by atoms with Crippen LogP contribution < -0.4 is 10.1 Å². The normalized spacial score (nSPS) is 15.1. The topological polar surface area (TPSA) is 44.7 Å². The van der Waals surface area contributed by atoms with Gasteiger partial charge in [0.2, 0.25) is 0 Å². The minimum Gasteiger partial charge on any atom is -0.508 e. The minimum absolute atomic E-state index is 0. The average Bonchev–Trinajstić information content (AvgIpc) is 2.71. The van der Waals surface area contributed by atoms with Crippen LogP contribution in [0.3, 0.4) is 0 Å². The van der Waals surface area contributed by atoms with Gasteiger partial charge in [-0.3, -0.25) is 4.90 Å². The second-order valence-corrected chi connectivity index (χ2v) is 7.99. The van der Waals surface area contributed by atoms with Gasteiger partial charge in [-0.05, 0) is 42.2 Å². The fourth-order valence-electron chi connectivity index (χ4n) is 3.76. The maximum absolute atomic E-state index is 13.3. The highest BCUT2D eigenvalue weighted by atomic mass is 35.5. The first-order valence-corrected chi connectivity index (χ1v) is 10.3. The number of rotatable bonds is 6. The molecule has 0 aliphatic carbocycles. The van der Waals surface area contributed by atoms with E-state index in [1.165, 1.54) is 6.07 Å². The summed E-state index contributed by atoms with van der Waals surface area (Å²) in [6.07, 6.45) is -4.43. The molecule has 0 atom stereocenters. The molecular weight excluding hydrogens is 429 g/mol. The smallest absolute Gasteiger partial charge is 0.416 e. The van der Waals surface area contributed by atoms with E-state index in [1.54, 1.807) is 19.1 Å². The van der Waals surface area contributed by atoms with Gasteiger partial charge in [0.1, 0.15) is 18.1 Å². The van der Waals surface area contributed by atoms with E-state index in [1.807, 2.05) is 13.8 Å². The summed E-state index contributed by atoms with van der Waals surface area (Å²) >= 11 is 0. The zero-order chi connectivity index (χ0) is 21.9. The molecule has 1 aliphatic heterocycles. The highest BCUT2D eigenvalue weighted by Crippen LogP contribution is 2.44. The van der Waals surface area contributed by atoms with E-state index in [-0.39, 0.29) is 24.1 Å². The van der Waals surface area contributed by atoms with Crippen LogP contribution in [0.4, 0.5) is 13.2 Å². The second kappa shape index (κ2) is 10.6. The van der Waals surface area contributed by atoms with Crippen molar-refractivity contribution >= 4 is 12.4 Å². The van der Waals surface area contributed by atoms with Gasteiger partial charge in [0, 0.05) is 43.9 Å². The van der Waals surface area contributed by atoms with Crippen LogP contribution in [0.25, 0.3) is 11.1 Å². The van der Waals surface area contributed by atoms with Gasteiger partial charge in [-0.25, -0.2) is 0 Å². The van der Waals surface area contributed by atoms with Gasteiger partial charge < -0.3 is 15.2 Å². The number of alkyl halides is 3. The van der Waals surface area contributed by atoms with Gasteiger partial charge in [0.25, 0.3) is 0 Å². The van der Waals surface area contributed by atoms with Crippen LogP contribution in [0.2, 0.25) is 0 Å². The summed E-state index contributed by atoms with van der Waals surface area (Å²) in [7, 11) is 0. The van der Waals surface area contributed by atoms with E-state index >= 15 is 0 Å². The number of aromatic hydroxyl groups is 1. The Kier molecular flexibility index (Phi) is 8.63. The fourth-order valence-corrected chi connectivity index (χ4v) is 3.76. The molecule has 0 spiro atoms. The molecule has 2 aromatic carbocycles. The zero-order valence-corrected chi connectivity index (χ0v) is 18.9. The van der Waals surface area contributed by atoms with E-state index in [4.69, 9.17) is 4.74 Å². The lowest BCUT2D eigenvalue weighted by Gasteiger charge is -2.28. The molecule has 8 heteroatoms. The van der Waals surface area contributed by atoms with Crippen molar-refractivity contribution in [3.8, 4) is 22.6 Å². The Morgan fingerprint density at radius 3 is 2.45 bits per heavy atom. The summed E-state index contributed by atoms with van der Waals surface area (Å²) in [6, 6.07) is 6.93. The van der Waals surface area contributed by atoms with E-state index < -0.39 is 11.7 Å². The Labute approximate surface area is 187 Å². The van der Waals surface area contributed by atoms with Crippen molar-refractivity contribution in [3.05, 3.63) is 47.0 Å². The standard InChI is InChI=1S/C23H29F3N2O2.ClH/c1-15(2)19-14-20(29)16(3)22(30-12-11-28-9-7-27-8-10-28)21(19)17-5-4-6-18(13-17)23(24,25)26;/h4-6,13-15,27,29H,7-12H2,1-3H3;1H. The third kappa shape index (κ3) is 6.05. The summed E-state index contributed by atoms with van der Waals surface area (Å²) in [5.74, 6) is 0.538. The van der Waals surface area contributed by atoms with Crippen LogP contribution in [-0.4, -0.2) is 49.3 Å². The van der Waals surface area contributed by atoms with E-state index in [2.05, 4.69) is 10.2 Å². The molecule has 172 valence electrons. The van der Waals surface area contributed by atoms with E-state index in [0.717, 1.165) is 50.4 Å². The molecule has 0 amide bonds. The number of benzene rings is 2. The van der Waals surface area contributed by atoms with Crippen molar-refractivity contribution in [1.29, 1.82) is 0 Å². The zero-order valence-electron chi connectivity index (χ0n) is 18.1. The molecule has 0 radical (unpaired) electrons. The number of phenolic OH excluding ortho intramolecular Hbond substituents is 1. The molecule has 0 saturated carbocycles. The second-order valence-electron chi connectivity index (χ2n) is 7.99. The fraction of sp³-hybridized carbons (Fsp3) is 0.478. The summed E-state index contributed by atoms with van der Waals surface area (Å²) in [5.41, 5.74) is 1.65. The molecule has 4 nitrogen and oxygen atoms in total. The predicted octanol–water partition coefficient (Wildman–Crippen LogP) is 5.22. The van der Waals surface area contributed by atoms with Crippen LogP contribution in [0.15, 0.2) is 30.3 Å². The molecular formula is C23H30ClF3N2O2. The largest absolute Gasteiger partial charge is 0.508 e. The minimum atomic E-state index is -4.43. The van der Waals surface area contributed by atoms with Crippen molar-refractivity contribution in [3.63, 3.8) is 0 Å². The number of nitrogens with one attached hydrogen (secondary N) is 1. The maximum Gasteiger partial charge on any atom is 0.416 e. The third-order valence-electron chi connectivity index (χ3n) is 5.50. The van der Waals surface area contributed by atoms with Crippen LogP contribution >= 0.6 is 12.4 Å². The molecule has 1 fully saturated rings. The SMILES string of the molecule is Cc1c(O)cc(C(C)C)c(-c2cccc(C(F)(F)F)c2)c1OCCN1CCNCC1.Cl. The third-order valence-corrected chi connectivity index (χ3v) is 5.50. The van der Waals surface area contributed by atoms with Crippen molar-refractivity contribution in [1.82, 2.24) is 10.2 Å². The van der Waals surface area contributed by atoms with E-state index in [0.29, 0.717) is 29.0 Å². The first kappa shape index (κ1) is 25.3. The molecule has 1 heterocycles. The highest BCUT2D eigenvalue weighted by Gasteiger charge is 2.31. The predicted molar refractivity (Wildman–Crippen MR) is 119 cm³/mol. The Bertz CT molecular complexity index is 882.